The molecule has 3 aliphatic heterocycles. The number of hydrogen-bond acceptors (Lipinski definition) is 6. The second-order valence-corrected chi connectivity index (χ2v) is 11.3. The quantitative estimate of drug-likeness (QED) is 0.315. The van der Waals surface area contributed by atoms with Gasteiger partial charge in [0.1, 0.15) is 17.6 Å². The van der Waals surface area contributed by atoms with E-state index < -0.39 is 41.1 Å². The number of hydrogen-bond donors (Lipinski definition) is 1. The molecule has 5 rings (SSSR count). The number of rotatable bonds is 12. The van der Waals surface area contributed by atoms with Gasteiger partial charge in [0, 0.05) is 13.1 Å². The number of benzene rings is 2. The lowest BCUT2D eigenvalue weighted by Crippen LogP contribution is -2.59. The third-order valence-electron chi connectivity index (χ3n) is 9.19. The number of esters is 1. The summed E-state index contributed by atoms with van der Waals surface area (Å²) in [6.45, 7) is 8.03. The van der Waals surface area contributed by atoms with Crippen molar-refractivity contribution in [1.29, 1.82) is 0 Å². The average Bonchev–Trinajstić information content (AvgIpc) is 3.60. The molecule has 218 valence electrons. The number of fused-ring (bicyclic) bond motifs is 1. The lowest BCUT2D eigenvalue weighted by atomic mass is 9.65. The Kier molecular flexibility index (Phi) is 8.34. The highest BCUT2D eigenvalue weighted by atomic mass is 16.6. The van der Waals surface area contributed by atoms with E-state index in [2.05, 4.69) is 6.58 Å². The van der Waals surface area contributed by atoms with E-state index in [1.165, 1.54) is 4.90 Å². The smallest absolute Gasteiger partial charge is 0.312 e. The minimum Gasteiger partial charge on any atom is -0.466 e. The summed E-state index contributed by atoms with van der Waals surface area (Å²) in [4.78, 5) is 45.9. The van der Waals surface area contributed by atoms with Crippen molar-refractivity contribution in [1.82, 2.24) is 9.80 Å². The van der Waals surface area contributed by atoms with Crippen molar-refractivity contribution in [2.75, 3.05) is 19.8 Å². The zero-order chi connectivity index (χ0) is 29.2. The molecule has 0 saturated carbocycles. The maximum atomic E-state index is 14.7. The van der Waals surface area contributed by atoms with Crippen LogP contribution >= 0.6 is 0 Å². The van der Waals surface area contributed by atoms with Crippen LogP contribution in [0.4, 0.5) is 0 Å². The third kappa shape index (κ3) is 4.87. The van der Waals surface area contributed by atoms with Gasteiger partial charge in [0.15, 0.2) is 0 Å². The Balaban J connectivity index is 1.60. The molecule has 3 saturated heterocycles. The number of carbonyl (C=O) groups is 3. The number of aliphatic hydroxyl groups is 1. The number of likely N-dealkylation sites (tertiary alicyclic amines) is 1. The van der Waals surface area contributed by atoms with Gasteiger partial charge < -0.3 is 24.4 Å². The summed E-state index contributed by atoms with van der Waals surface area (Å²) in [6.07, 6.45) is 3.58. The molecule has 2 bridgehead atoms. The van der Waals surface area contributed by atoms with Crippen LogP contribution in [-0.2, 0) is 36.8 Å². The molecule has 3 heterocycles. The van der Waals surface area contributed by atoms with Crippen LogP contribution in [-0.4, -0.2) is 75.7 Å². The van der Waals surface area contributed by atoms with E-state index in [1.54, 1.807) is 17.9 Å². The number of carbonyl (C=O) groups excluding carboxylic acids is 3. The minimum atomic E-state index is -1.19. The second kappa shape index (κ2) is 11.8. The molecule has 41 heavy (non-hydrogen) atoms. The van der Waals surface area contributed by atoms with Gasteiger partial charge in [-0.25, -0.2) is 0 Å². The number of aliphatic hydroxyl groups excluding tert-OH is 1. The Hall–Kier alpha value is -3.49. The maximum absolute atomic E-state index is 14.7. The van der Waals surface area contributed by atoms with E-state index in [4.69, 9.17) is 9.47 Å². The molecule has 8 heteroatoms. The highest BCUT2D eigenvalue weighted by molar-refractivity contribution is 5.98. The van der Waals surface area contributed by atoms with E-state index in [1.807, 2.05) is 67.6 Å². The first-order valence-corrected chi connectivity index (χ1v) is 14.6. The van der Waals surface area contributed by atoms with Crippen molar-refractivity contribution in [3.8, 4) is 0 Å². The SMILES string of the molecule is C=CCN(Cc1ccccc1)C(=O)C1N([C@@H](CO)Cc2ccccc2)C(=O)[C@@H]2[C@@H](C(=O)OCC)[C@@]3(CC)CCC12O3. The van der Waals surface area contributed by atoms with Crippen LogP contribution in [0.3, 0.4) is 0 Å². The number of amides is 2. The summed E-state index contributed by atoms with van der Waals surface area (Å²) < 4.78 is 12.3. The number of nitrogens with zero attached hydrogens (tertiary/aromatic N) is 2. The predicted octanol–water partition coefficient (Wildman–Crippen LogP) is 3.52. The second-order valence-electron chi connectivity index (χ2n) is 11.3. The van der Waals surface area contributed by atoms with Gasteiger partial charge in [-0.1, -0.05) is 73.7 Å². The highest BCUT2D eigenvalue weighted by Gasteiger charge is 2.79. The molecule has 6 atom stereocenters. The van der Waals surface area contributed by atoms with Gasteiger partial charge in [-0.3, -0.25) is 14.4 Å². The van der Waals surface area contributed by atoms with Gasteiger partial charge in [0.05, 0.1) is 30.8 Å². The van der Waals surface area contributed by atoms with Gasteiger partial charge >= 0.3 is 5.97 Å². The topological polar surface area (TPSA) is 96.4 Å². The first-order valence-electron chi connectivity index (χ1n) is 14.6. The molecule has 8 nitrogen and oxygen atoms in total. The lowest BCUT2D eigenvalue weighted by molar-refractivity contribution is -0.163. The minimum absolute atomic E-state index is 0.187. The zero-order valence-electron chi connectivity index (χ0n) is 23.9. The molecular formula is C33H40N2O6. The van der Waals surface area contributed by atoms with Crippen LogP contribution < -0.4 is 0 Å². The molecule has 3 fully saturated rings. The average molecular weight is 561 g/mol. The summed E-state index contributed by atoms with van der Waals surface area (Å²) in [5, 5.41) is 10.7. The Morgan fingerprint density at radius 2 is 1.78 bits per heavy atom. The van der Waals surface area contributed by atoms with Crippen LogP contribution in [0.1, 0.15) is 44.2 Å². The van der Waals surface area contributed by atoms with Crippen LogP contribution in [0.5, 0.6) is 0 Å². The van der Waals surface area contributed by atoms with Gasteiger partial charge in [0.2, 0.25) is 11.8 Å². The molecule has 3 aliphatic rings. The summed E-state index contributed by atoms with van der Waals surface area (Å²) in [5.74, 6) is -2.74. The van der Waals surface area contributed by atoms with Crippen molar-refractivity contribution < 1.29 is 29.0 Å². The lowest BCUT2D eigenvalue weighted by Gasteiger charge is -2.39. The van der Waals surface area contributed by atoms with Crippen molar-refractivity contribution in [2.24, 2.45) is 11.8 Å². The van der Waals surface area contributed by atoms with Gasteiger partial charge in [-0.15, -0.1) is 6.58 Å². The monoisotopic (exact) mass is 560 g/mol. The molecule has 2 aromatic carbocycles. The molecule has 1 N–H and O–H groups in total. The fraction of sp³-hybridized carbons (Fsp3) is 0.485. The fourth-order valence-electron chi connectivity index (χ4n) is 7.42. The van der Waals surface area contributed by atoms with Gasteiger partial charge in [0.25, 0.3) is 0 Å². The van der Waals surface area contributed by atoms with E-state index >= 15 is 0 Å². The molecule has 0 aromatic heterocycles. The summed E-state index contributed by atoms with van der Waals surface area (Å²) in [5.41, 5.74) is -0.179. The number of ether oxygens (including phenoxy) is 2. The maximum Gasteiger partial charge on any atom is 0.312 e. The summed E-state index contributed by atoms with van der Waals surface area (Å²) >= 11 is 0. The Morgan fingerprint density at radius 3 is 2.37 bits per heavy atom. The normalized spacial score (nSPS) is 28.8. The van der Waals surface area contributed by atoms with Crippen molar-refractivity contribution in [3.63, 3.8) is 0 Å². The van der Waals surface area contributed by atoms with Crippen LogP contribution in [0, 0.1) is 11.8 Å². The van der Waals surface area contributed by atoms with Crippen LogP contribution in [0.15, 0.2) is 73.3 Å². The first kappa shape index (κ1) is 29.0. The molecule has 2 amide bonds. The van der Waals surface area contributed by atoms with E-state index in [0.29, 0.717) is 32.2 Å². The van der Waals surface area contributed by atoms with Crippen LogP contribution in [0.25, 0.3) is 0 Å². The predicted molar refractivity (Wildman–Crippen MR) is 153 cm³/mol. The Labute approximate surface area is 241 Å². The highest BCUT2D eigenvalue weighted by Crippen LogP contribution is 2.65. The van der Waals surface area contributed by atoms with E-state index in [0.717, 1.165) is 11.1 Å². The van der Waals surface area contributed by atoms with Gasteiger partial charge in [-0.2, -0.15) is 0 Å². The largest absolute Gasteiger partial charge is 0.466 e. The van der Waals surface area contributed by atoms with Crippen molar-refractivity contribution >= 4 is 17.8 Å². The van der Waals surface area contributed by atoms with Crippen LogP contribution in [0.2, 0.25) is 0 Å². The first-order chi connectivity index (χ1) is 19.9. The zero-order valence-corrected chi connectivity index (χ0v) is 23.9. The standard InChI is InChI=1S/C33H40N2O6/c1-4-19-34(21-24-15-11-8-12-16-24)30(38)28-33-18-17-32(5-2,41-33)27(31(39)40-6-3)26(33)29(37)35(28)25(22-36)20-23-13-9-7-10-14-23/h4,7-16,25-28,36H,1,5-6,17-22H2,2-3H3/t25-,26+,27+,28?,32-,33?/m1/s1. The fourth-order valence-corrected chi connectivity index (χ4v) is 7.42. The molecule has 0 aliphatic carbocycles. The summed E-state index contributed by atoms with van der Waals surface area (Å²) in [6, 6.07) is 17.6. The van der Waals surface area contributed by atoms with Gasteiger partial charge in [-0.05, 0) is 43.7 Å². The Bertz CT molecular complexity index is 1270. The molecule has 0 radical (unpaired) electrons. The van der Waals surface area contributed by atoms with E-state index in [9.17, 15) is 19.5 Å². The summed E-state index contributed by atoms with van der Waals surface area (Å²) in [7, 11) is 0. The van der Waals surface area contributed by atoms with E-state index in [-0.39, 0.29) is 31.6 Å². The molecular weight excluding hydrogens is 520 g/mol. The van der Waals surface area contributed by atoms with Crippen molar-refractivity contribution in [2.45, 2.75) is 69.4 Å². The molecule has 2 unspecified atom stereocenters. The third-order valence-corrected chi connectivity index (χ3v) is 9.19. The molecule has 2 aromatic rings. The van der Waals surface area contributed by atoms with Crippen molar-refractivity contribution in [3.05, 3.63) is 84.4 Å². The molecule has 1 spiro atoms. The Morgan fingerprint density at radius 1 is 1.12 bits per heavy atom.